The molecule has 0 unspecified atom stereocenters. The first-order chi connectivity index (χ1) is 13.2. The second-order valence-corrected chi connectivity index (χ2v) is 9.79. The van der Waals surface area contributed by atoms with Gasteiger partial charge in [0.1, 0.15) is 0 Å². The van der Waals surface area contributed by atoms with Crippen molar-refractivity contribution < 1.29 is 18.0 Å². The number of nitrogens with zero attached hydrogens (tertiary/aromatic N) is 1. The van der Waals surface area contributed by atoms with Crippen LogP contribution in [0.5, 0.6) is 0 Å². The molecule has 2 N–H and O–H groups in total. The van der Waals surface area contributed by atoms with Gasteiger partial charge in [-0.1, -0.05) is 44.9 Å². The number of carbonyl (C=O) groups excluding carboxylic acids is 2. The number of aromatic nitrogens is 1. The van der Waals surface area contributed by atoms with Gasteiger partial charge in [0, 0.05) is 11.6 Å². The van der Waals surface area contributed by atoms with Gasteiger partial charge in [-0.25, -0.2) is 18.2 Å². The number of alkyl halides is 1. The minimum absolute atomic E-state index is 0.163. The topological polar surface area (TPSA) is 105 Å². The number of rotatable bonds is 4. The lowest BCUT2D eigenvalue weighted by molar-refractivity contribution is 0.0967. The van der Waals surface area contributed by atoms with E-state index < -0.39 is 21.8 Å². The number of hydrogen-bond donors (Lipinski definition) is 2. The normalized spacial score (nSPS) is 11.4. The van der Waals surface area contributed by atoms with Crippen LogP contribution < -0.4 is 10.6 Å². The van der Waals surface area contributed by atoms with Crippen LogP contribution in [0.1, 0.15) is 15.9 Å². The summed E-state index contributed by atoms with van der Waals surface area (Å²) in [6.07, 6.45) is 1.11. The molecule has 0 aliphatic rings. The molecule has 0 spiro atoms. The Morgan fingerprint density at radius 2 is 1.96 bits per heavy atom. The van der Waals surface area contributed by atoms with E-state index in [1.165, 1.54) is 12.1 Å². The summed E-state index contributed by atoms with van der Waals surface area (Å²) in [5.74, 6) is -0.647. The lowest BCUT2D eigenvalue weighted by atomic mass is 10.1. The maximum atomic E-state index is 12.3. The molecule has 7 nitrogen and oxygen atoms in total. The van der Waals surface area contributed by atoms with Crippen molar-refractivity contribution in [2.75, 3.05) is 11.6 Å². The molecule has 2 aromatic carbocycles. The van der Waals surface area contributed by atoms with Crippen molar-refractivity contribution >= 4 is 76.0 Å². The molecule has 3 amide bonds. The molecule has 11 heteroatoms. The molecule has 0 saturated carbocycles. The zero-order valence-corrected chi connectivity index (χ0v) is 18.3. The SMILES string of the molecule is CS(=O)(=O)c1ccc2nc(NC(=O)NC(=O)c3cc(CBr)ccc3Cl)sc2c1. The summed E-state index contributed by atoms with van der Waals surface area (Å²) >= 11 is 10.4. The Labute approximate surface area is 178 Å². The quantitative estimate of drug-likeness (QED) is 0.520. The lowest BCUT2D eigenvalue weighted by Gasteiger charge is -2.07. The van der Waals surface area contributed by atoms with E-state index in [0.29, 0.717) is 15.5 Å². The van der Waals surface area contributed by atoms with Crippen LogP contribution in [0.15, 0.2) is 41.3 Å². The standard InChI is InChI=1S/C17H13BrClN3O4S2/c1-28(25,26)10-3-5-13-14(7-10)27-17(20-13)22-16(24)21-15(23)11-6-9(8-18)2-4-12(11)19/h2-7H,8H2,1H3,(H2,20,21,22,23,24). The van der Waals surface area contributed by atoms with E-state index in [1.807, 2.05) is 0 Å². The summed E-state index contributed by atoms with van der Waals surface area (Å²) < 4.78 is 23.9. The molecule has 0 radical (unpaired) electrons. The molecular formula is C17H13BrClN3O4S2. The highest BCUT2D eigenvalue weighted by atomic mass is 79.9. The first-order valence-corrected chi connectivity index (χ1v) is 12.0. The molecule has 1 heterocycles. The maximum absolute atomic E-state index is 12.3. The molecule has 3 aromatic rings. The third kappa shape index (κ3) is 4.69. The predicted molar refractivity (Wildman–Crippen MR) is 113 cm³/mol. The van der Waals surface area contributed by atoms with Crippen molar-refractivity contribution in [3.05, 3.63) is 52.5 Å². The fourth-order valence-electron chi connectivity index (χ4n) is 2.32. The second kappa shape index (κ2) is 8.16. The van der Waals surface area contributed by atoms with Gasteiger partial charge < -0.3 is 0 Å². The third-order valence-corrected chi connectivity index (χ3v) is 6.69. The number of carbonyl (C=O) groups is 2. The van der Waals surface area contributed by atoms with Crippen molar-refractivity contribution in [1.29, 1.82) is 0 Å². The lowest BCUT2D eigenvalue weighted by Crippen LogP contribution is -2.34. The van der Waals surface area contributed by atoms with E-state index in [-0.39, 0.29) is 20.6 Å². The smallest absolute Gasteiger partial charge is 0.283 e. The highest BCUT2D eigenvalue weighted by Crippen LogP contribution is 2.28. The molecule has 146 valence electrons. The summed E-state index contributed by atoms with van der Waals surface area (Å²) in [5.41, 5.74) is 1.55. The molecule has 3 rings (SSSR count). The van der Waals surface area contributed by atoms with E-state index in [1.54, 1.807) is 24.3 Å². The summed E-state index contributed by atoms with van der Waals surface area (Å²) in [6.45, 7) is 0. The van der Waals surface area contributed by atoms with Gasteiger partial charge in [0.15, 0.2) is 15.0 Å². The van der Waals surface area contributed by atoms with Crippen molar-refractivity contribution in [3.63, 3.8) is 0 Å². The van der Waals surface area contributed by atoms with E-state index in [2.05, 4.69) is 31.5 Å². The second-order valence-electron chi connectivity index (χ2n) is 5.78. The van der Waals surface area contributed by atoms with Crippen molar-refractivity contribution in [1.82, 2.24) is 10.3 Å². The number of urea groups is 1. The van der Waals surface area contributed by atoms with Crippen molar-refractivity contribution in [2.24, 2.45) is 0 Å². The van der Waals surface area contributed by atoms with Gasteiger partial charge in [0.05, 0.1) is 25.7 Å². The maximum Gasteiger partial charge on any atom is 0.327 e. The molecule has 0 fully saturated rings. The number of hydrogen-bond acceptors (Lipinski definition) is 6. The van der Waals surface area contributed by atoms with Crippen LogP contribution in [0.3, 0.4) is 0 Å². The fourth-order valence-corrected chi connectivity index (χ4v) is 4.49. The van der Waals surface area contributed by atoms with E-state index in [9.17, 15) is 18.0 Å². The molecule has 28 heavy (non-hydrogen) atoms. The molecular weight excluding hydrogens is 490 g/mol. The van der Waals surface area contributed by atoms with Gasteiger partial charge >= 0.3 is 6.03 Å². The average Bonchev–Trinajstić information content (AvgIpc) is 3.02. The van der Waals surface area contributed by atoms with Crippen molar-refractivity contribution in [3.8, 4) is 0 Å². The minimum atomic E-state index is -3.35. The molecule has 0 atom stereocenters. The number of nitrogens with one attached hydrogen (secondary N) is 2. The van der Waals surface area contributed by atoms with Gasteiger partial charge in [-0.05, 0) is 35.9 Å². The zero-order chi connectivity index (χ0) is 20.5. The van der Waals surface area contributed by atoms with Crippen LogP contribution in [0.4, 0.5) is 9.93 Å². The molecule has 0 aliphatic carbocycles. The number of halogens is 2. The van der Waals surface area contributed by atoms with Gasteiger partial charge in [-0.3, -0.25) is 15.4 Å². The van der Waals surface area contributed by atoms with Crippen molar-refractivity contribution in [2.45, 2.75) is 10.2 Å². The first-order valence-electron chi connectivity index (χ1n) is 7.75. The Bertz CT molecular complexity index is 1190. The highest BCUT2D eigenvalue weighted by Gasteiger charge is 2.16. The molecule has 1 aromatic heterocycles. The van der Waals surface area contributed by atoms with Gasteiger partial charge in [-0.2, -0.15) is 0 Å². The number of thiazole rings is 1. The monoisotopic (exact) mass is 501 g/mol. The average molecular weight is 503 g/mol. The van der Waals surface area contributed by atoms with E-state index in [0.717, 1.165) is 23.2 Å². The number of benzene rings is 2. The molecule has 0 aliphatic heterocycles. The summed E-state index contributed by atoms with van der Waals surface area (Å²) in [7, 11) is -3.35. The Morgan fingerprint density at radius 3 is 2.64 bits per heavy atom. The minimum Gasteiger partial charge on any atom is -0.283 e. The predicted octanol–water partition coefficient (Wildman–Crippen LogP) is 4.21. The van der Waals surface area contributed by atoms with Crippen LogP contribution in [0.2, 0.25) is 5.02 Å². The summed E-state index contributed by atoms with van der Waals surface area (Å²) in [5, 5.41) is 5.66. The highest BCUT2D eigenvalue weighted by molar-refractivity contribution is 9.08. The number of amides is 3. The molecule has 0 saturated heterocycles. The Morgan fingerprint density at radius 1 is 1.21 bits per heavy atom. The summed E-state index contributed by atoms with van der Waals surface area (Å²) in [6, 6.07) is 8.66. The number of imide groups is 1. The first kappa shape index (κ1) is 20.7. The fraction of sp³-hybridized carbons (Fsp3) is 0.118. The number of fused-ring (bicyclic) bond motifs is 1. The van der Waals surface area contributed by atoms with Gasteiger partial charge in [0.2, 0.25) is 0 Å². The van der Waals surface area contributed by atoms with Gasteiger partial charge in [-0.15, -0.1) is 0 Å². The van der Waals surface area contributed by atoms with Crippen LogP contribution in [-0.2, 0) is 15.2 Å². The largest absolute Gasteiger partial charge is 0.327 e. The van der Waals surface area contributed by atoms with E-state index >= 15 is 0 Å². The van der Waals surface area contributed by atoms with Gasteiger partial charge in [0.25, 0.3) is 5.91 Å². The van der Waals surface area contributed by atoms with Crippen LogP contribution >= 0.6 is 38.9 Å². The summed E-state index contributed by atoms with van der Waals surface area (Å²) in [4.78, 5) is 28.8. The number of sulfone groups is 1. The molecule has 0 bridgehead atoms. The Kier molecular flexibility index (Phi) is 6.04. The van der Waals surface area contributed by atoms with E-state index in [4.69, 9.17) is 11.6 Å². The number of anilines is 1. The Balaban J connectivity index is 1.75. The van der Waals surface area contributed by atoms with Crippen LogP contribution in [0, 0.1) is 0 Å². The zero-order valence-electron chi connectivity index (χ0n) is 14.3. The third-order valence-electron chi connectivity index (χ3n) is 3.67. The van der Waals surface area contributed by atoms with Crippen LogP contribution in [-0.4, -0.2) is 31.6 Å². The Hall–Kier alpha value is -2.01. The van der Waals surface area contributed by atoms with Crippen LogP contribution in [0.25, 0.3) is 10.2 Å².